The Morgan fingerprint density at radius 3 is 2.73 bits per heavy atom. The van der Waals surface area contributed by atoms with Gasteiger partial charge in [0, 0.05) is 18.1 Å². The summed E-state index contributed by atoms with van der Waals surface area (Å²) in [5.74, 6) is -1.02. The van der Waals surface area contributed by atoms with E-state index in [2.05, 4.69) is 21.2 Å². The van der Waals surface area contributed by atoms with Crippen LogP contribution in [0.15, 0.2) is 27.7 Å². The van der Waals surface area contributed by atoms with Crippen LogP contribution in [0.1, 0.15) is 6.92 Å². The Kier molecular flexibility index (Phi) is 4.54. The van der Waals surface area contributed by atoms with Gasteiger partial charge < -0.3 is 5.32 Å². The largest absolute Gasteiger partial charge is 0.379 e. The maximum absolute atomic E-state index is 13.3. The molecule has 1 nitrogen and oxygen atoms in total. The van der Waals surface area contributed by atoms with Crippen molar-refractivity contribution in [3.05, 3.63) is 39.3 Å². The van der Waals surface area contributed by atoms with Gasteiger partial charge in [-0.05, 0) is 34.5 Å². The zero-order valence-corrected chi connectivity index (χ0v) is 10.3. The molecule has 1 rings (SSSR count). The minimum Gasteiger partial charge on any atom is -0.379 e. The fourth-order valence-corrected chi connectivity index (χ4v) is 1.32. The van der Waals surface area contributed by atoms with Gasteiger partial charge in [0.15, 0.2) is 0 Å². The van der Waals surface area contributed by atoms with E-state index in [4.69, 9.17) is 11.6 Å². The summed E-state index contributed by atoms with van der Waals surface area (Å²) in [6.07, 6.45) is 0. The smallest absolute Gasteiger partial charge is 0.147 e. The summed E-state index contributed by atoms with van der Waals surface area (Å²) in [5.41, 5.74) is 2.34. The van der Waals surface area contributed by atoms with Crippen LogP contribution in [0.2, 0.25) is 0 Å². The van der Waals surface area contributed by atoms with E-state index in [0.29, 0.717) is 6.54 Å². The van der Waals surface area contributed by atoms with E-state index < -0.39 is 11.6 Å². The van der Waals surface area contributed by atoms with E-state index in [0.717, 1.165) is 17.7 Å². The number of anilines is 1. The molecule has 0 spiro atoms. The highest BCUT2D eigenvalue weighted by Crippen LogP contribution is 2.23. The van der Waals surface area contributed by atoms with Crippen molar-refractivity contribution in [2.75, 3.05) is 11.9 Å². The highest BCUT2D eigenvalue weighted by atomic mass is 79.9. The van der Waals surface area contributed by atoms with Gasteiger partial charge >= 0.3 is 0 Å². The van der Waals surface area contributed by atoms with Gasteiger partial charge in [0.05, 0.1) is 10.2 Å². The van der Waals surface area contributed by atoms with Crippen LogP contribution in [0.4, 0.5) is 14.5 Å². The van der Waals surface area contributed by atoms with Crippen LogP contribution in [0.25, 0.3) is 0 Å². The zero-order chi connectivity index (χ0) is 11.4. The first-order valence-corrected chi connectivity index (χ1v) is 5.42. The molecular weight excluding hydrogens is 287 g/mol. The summed E-state index contributed by atoms with van der Waals surface area (Å²) in [4.78, 5) is 0. The fraction of sp³-hybridized carbons (Fsp3) is 0.200. The monoisotopic (exact) mass is 295 g/mol. The molecule has 0 saturated heterocycles. The summed E-state index contributed by atoms with van der Waals surface area (Å²) < 4.78 is 26.5. The average molecular weight is 297 g/mol. The van der Waals surface area contributed by atoms with E-state index in [-0.39, 0.29) is 10.2 Å². The molecule has 5 heteroatoms. The second-order valence-corrected chi connectivity index (χ2v) is 4.13. The molecule has 0 amide bonds. The van der Waals surface area contributed by atoms with Gasteiger partial charge in [0.2, 0.25) is 0 Å². The molecule has 0 aliphatic carbocycles. The Morgan fingerprint density at radius 1 is 1.47 bits per heavy atom. The van der Waals surface area contributed by atoms with Gasteiger partial charge in [-0.3, -0.25) is 0 Å². The van der Waals surface area contributed by atoms with Crippen molar-refractivity contribution in [2.24, 2.45) is 0 Å². The van der Waals surface area contributed by atoms with Crippen LogP contribution >= 0.6 is 27.5 Å². The minimum atomic E-state index is -0.509. The van der Waals surface area contributed by atoms with Crippen LogP contribution in [0.3, 0.4) is 0 Å². The standard InChI is InChI=1S/C10H9BrClF2N/c1-6(4-12)5-15-10-3-8(13)7(11)2-9(10)14/h2-4,15H,5H2,1H3/b6-4-. The summed E-state index contributed by atoms with van der Waals surface area (Å²) >= 11 is 8.34. The lowest BCUT2D eigenvalue weighted by Crippen LogP contribution is -2.04. The Hall–Kier alpha value is -0.610. The molecule has 1 aromatic carbocycles. The van der Waals surface area contributed by atoms with E-state index in [1.54, 1.807) is 6.92 Å². The maximum Gasteiger partial charge on any atom is 0.147 e. The molecule has 0 atom stereocenters. The fourth-order valence-electron chi connectivity index (χ4n) is 0.931. The van der Waals surface area contributed by atoms with Gasteiger partial charge in [-0.2, -0.15) is 0 Å². The lowest BCUT2D eigenvalue weighted by Gasteiger charge is -2.08. The Balaban J connectivity index is 2.82. The van der Waals surface area contributed by atoms with Gasteiger partial charge in [0.1, 0.15) is 11.6 Å². The molecule has 1 aromatic rings. The number of hydrogen-bond acceptors (Lipinski definition) is 1. The normalized spacial score (nSPS) is 11.7. The molecule has 0 saturated carbocycles. The highest BCUT2D eigenvalue weighted by Gasteiger charge is 2.07. The van der Waals surface area contributed by atoms with Crippen molar-refractivity contribution in [2.45, 2.75) is 6.92 Å². The van der Waals surface area contributed by atoms with Crippen LogP contribution in [0.5, 0.6) is 0 Å². The molecule has 0 heterocycles. The first-order valence-electron chi connectivity index (χ1n) is 4.19. The van der Waals surface area contributed by atoms with Crippen LogP contribution in [0, 0.1) is 11.6 Å². The minimum absolute atomic E-state index is 0.107. The molecule has 15 heavy (non-hydrogen) atoms. The number of nitrogens with one attached hydrogen (secondary N) is 1. The van der Waals surface area contributed by atoms with Crippen molar-refractivity contribution in [1.82, 2.24) is 0 Å². The molecule has 0 fully saturated rings. The molecule has 1 N–H and O–H groups in total. The van der Waals surface area contributed by atoms with Gasteiger partial charge in [-0.15, -0.1) is 0 Å². The van der Waals surface area contributed by atoms with Crippen molar-refractivity contribution < 1.29 is 8.78 Å². The number of benzene rings is 1. The maximum atomic E-state index is 13.3. The molecule has 82 valence electrons. The third-order valence-corrected chi connectivity index (χ3v) is 2.73. The van der Waals surface area contributed by atoms with Gasteiger partial charge in [-0.1, -0.05) is 11.6 Å². The summed E-state index contributed by atoms with van der Waals surface area (Å²) in [7, 11) is 0. The first-order chi connectivity index (χ1) is 7.04. The summed E-state index contributed by atoms with van der Waals surface area (Å²) in [6.45, 7) is 2.16. The lowest BCUT2D eigenvalue weighted by molar-refractivity contribution is 0.597. The van der Waals surface area contributed by atoms with Crippen molar-refractivity contribution in [3.8, 4) is 0 Å². The molecule has 0 aromatic heterocycles. The Bertz CT molecular complexity index is 393. The summed E-state index contributed by atoms with van der Waals surface area (Å²) in [5, 5.41) is 2.74. The third kappa shape index (κ3) is 3.47. The van der Waals surface area contributed by atoms with Crippen molar-refractivity contribution in [1.29, 1.82) is 0 Å². The van der Waals surface area contributed by atoms with E-state index >= 15 is 0 Å². The Labute approximate surface area is 100 Å². The molecule has 0 aliphatic rings. The third-order valence-electron chi connectivity index (χ3n) is 1.75. The number of hydrogen-bond donors (Lipinski definition) is 1. The van der Waals surface area contributed by atoms with Crippen molar-refractivity contribution in [3.63, 3.8) is 0 Å². The molecule has 0 radical (unpaired) electrons. The SMILES string of the molecule is C/C(=C/Cl)CNc1cc(F)c(Br)cc1F. The second kappa shape index (κ2) is 5.47. The van der Waals surface area contributed by atoms with E-state index in [1.807, 2.05) is 0 Å². The van der Waals surface area contributed by atoms with Gasteiger partial charge in [0.25, 0.3) is 0 Å². The molecule has 0 aliphatic heterocycles. The Morgan fingerprint density at radius 2 is 2.13 bits per heavy atom. The first kappa shape index (κ1) is 12.5. The zero-order valence-electron chi connectivity index (χ0n) is 7.95. The number of halogens is 4. The lowest BCUT2D eigenvalue weighted by atomic mass is 10.2. The van der Waals surface area contributed by atoms with Gasteiger partial charge in [-0.25, -0.2) is 8.78 Å². The molecular formula is C10H9BrClF2N. The van der Waals surface area contributed by atoms with Crippen LogP contribution in [-0.2, 0) is 0 Å². The van der Waals surface area contributed by atoms with Crippen LogP contribution in [-0.4, -0.2) is 6.54 Å². The van der Waals surface area contributed by atoms with E-state index in [9.17, 15) is 8.78 Å². The van der Waals surface area contributed by atoms with Crippen molar-refractivity contribution >= 4 is 33.2 Å². The predicted octanol–water partition coefficient (Wildman–Crippen LogP) is 4.28. The second-order valence-electron chi connectivity index (χ2n) is 3.06. The average Bonchev–Trinajstić information content (AvgIpc) is 2.21. The molecule has 0 bridgehead atoms. The summed E-state index contributed by atoms with van der Waals surface area (Å²) in [6, 6.07) is 2.18. The predicted molar refractivity (Wildman–Crippen MR) is 62.2 cm³/mol. The number of rotatable bonds is 3. The topological polar surface area (TPSA) is 12.0 Å². The highest BCUT2D eigenvalue weighted by molar-refractivity contribution is 9.10. The van der Waals surface area contributed by atoms with Crippen LogP contribution < -0.4 is 5.32 Å². The quantitative estimate of drug-likeness (QED) is 0.821. The van der Waals surface area contributed by atoms with E-state index in [1.165, 1.54) is 5.54 Å². The molecule has 0 unspecified atom stereocenters.